The van der Waals surface area contributed by atoms with Gasteiger partial charge in [-0.15, -0.1) is 0 Å². The third kappa shape index (κ3) is 5.93. The summed E-state index contributed by atoms with van der Waals surface area (Å²) in [7, 11) is 1.24. The van der Waals surface area contributed by atoms with E-state index in [-0.39, 0.29) is 61.0 Å². The summed E-state index contributed by atoms with van der Waals surface area (Å²) in [5.74, 6) is 3.34. The van der Waals surface area contributed by atoms with Crippen molar-refractivity contribution in [2.75, 3.05) is 33.3 Å². The number of carbonyl (C=O) groups is 3. The molecule has 2 heterocycles. The minimum atomic E-state index is -2.94. The van der Waals surface area contributed by atoms with Gasteiger partial charge in [-0.25, -0.2) is 14.6 Å². The Morgan fingerprint density at radius 3 is 2.57 bits per heavy atom. The van der Waals surface area contributed by atoms with Crippen molar-refractivity contribution in [1.82, 2.24) is 14.8 Å². The molecule has 0 unspecified atom stereocenters. The van der Waals surface area contributed by atoms with Gasteiger partial charge < -0.3 is 35.5 Å². The van der Waals surface area contributed by atoms with E-state index in [4.69, 9.17) is 27.9 Å². The average Bonchev–Trinajstić information content (AvgIpc) is 3.62. The van der Waals surface area contributed by atoms with Gasteiger partial charge in [-0.2, -0.15) is 0 Å². The molecule has 0 bridgehead atoms. The summed E-state index contributed by atoms with van der Waals surface area (Å²) in [5.41, 5.74) is 4.79. The van der Waals surface area contributed by atoms with Crippen LogP contribution in [0.2, 0.25) is 5.02 Å². The zero-order valence-corrected chi connectivity index (χ0v) is 25.7. The van der Waals surface area contributed by atoms with Gasteiger partial charge in [0.25, 0.3) is 6.43 Å². The molecule has 5 rings (SSSR count). The molecule has 2 saturated carbocycles. The van der Waals surface area contributed by atoms with Crippen molar-refractivity contribution in [1.29, 1.82) is 0 Å². The minimum Gasteiger partial charge on any atom is -0.487 e. The van der Waals surface area contributed by atoms with E-state index >= 15 is 0 Å². The number of allylic oxidation sites excluding steroid dienone is 1. The summed E-state index contributed by atoms with van der Waals surface area (Å²) < 4.78 is 33.3. The molecule has 4 atom stereocenters. The molecule has 242 valence electrons. The number of hydrogen-bond acceptors (Lipinski definition) is 8. The number of benzene rings is 1. The Bertz CT molecular complexity index is 1360. The Balaban J connectivity index is 1.54. The maximum absolute atomic E-state index is 14.4. The fourth-order valence-electron chi connectivity index (χ4n) is 7.22. The molecule has 1 aromatic rings. The molecule has 0 radical (unpaired) electrons. The molecule has 2 amide bonds. The molecule has 1 aromatic carbocycles. The van der Waals surface area contributed by atoms with Crippen molar-refractivity contribution < 1.29 is 38.1 Å². The highest BCUT2D eigenvalue weighted by molar-refractivity contribution is 6.31. The smallest absolute Gasteiger partial charge is 0.310 e. The number of carbonyl (C=O) groups excluding carboxylic acids is 2. The molecule has 14 heteroatoms. The SMILES string of the molecule is CN(N)/C(=C(\N)COc1ccc(Cl)c2c1[C@@H](CN1CC3(CC3)CC1=O)N(C(=O)[C@@H]1CC[C@@H](O)C[C@]1(C)C(=O)O)CC2)C(F)F. The molecular weight excluding hydrogens is 600 g/mol. The van der Waals surface area contributed by atoms with Gasteiger partial charge in [0, 0.05) is 43.7 Å². The number of hydrazine groups is 1. The Hall–Kier alpha value is -3.16. The van der Waals surface area contributed by atoms with Crippen LogP contribution < -0.4 is 16.3 Å². The second-order valence-corrected chi connectivity index (χ2v) is 13.4. The van der Waals surface area contributed by atoms with Crippen molar-refractivity contribution in [3.63, 3.8) is 0 Å². The van der Waals surface area contributed by atoms with E-state index in [1.165, 1.54) is 14.0 Å². The van der Waals surface area contributed by atoms with Crippen LogP contribution in [0.5, 0.6) is 5.75 Å². The largest absolute Gasteiger partial charge is 0.487 e. The minimum absolute atomic E-state index is 0.0255. The monoisotopic (exact) mass is 639 g/mol. The number of carboxylic acid groups (broad SMARTS) is 1. The standard InChI is InChI=1S/C30H40ClF2N5O6/c1-29(28(42)43)11-16(39)3-4-18(29)27(41)38-10-7-17-19(31)5-6-22(44-14-20(34)25(26(32)33)36(2)35)24(17)21(38)13-37-15-30(8-9-30)12-23(37)40/h5-6,16,18,21,26,39H,3-4,7-15,34-35H2,1-2H3,(H,42,43)/b25-20-/t16-,18+,21-,29+/m1/s1. The number of nitrogens with zero attached hydrogens (tertiary/aromatic N) is 3. The zero-order chi connectivity index (χ0) is 32.1. The first kappa shape index (κ1) is 32.2. The number of aliphatic hydroxyl groups is 1. The lowest BCUT2D eigenvalue weighted by molar-refractivity contribution is -0.166. The Morgan fingerprint density at radius 2 is 1.98 bits per heavy atom. The molecule has 1 spiro atoms. The van der Waals surface area contributed by atoms with E-state index in [1.807, 2.05) is 0 Å². The first-order valence-electron chi connectivity index (χ1n) is 14.9. The maximum atomic E-state index is 14.4. The van der Waals surface area contributed by atoms with Crippen LogP contribution in [0.15, 0.2) is 23.5 Å². The lowest BCUT2D eigenvalue weighted by atomic mass is 9.65. The lowest BCUT2D eigenvalue weighted by Crippen LogP contribution is -2.54. The molecule has 1 saturated heterocycles. The van der Waals surface area contributed by atoms with Crippen molar-refractivity contribution in [2.24, 2.45) is 28.3 Å². The van der Waals surface area contributed by atoms with Crippen molar-refractivity contribution in [2.45, 2.75) is 70.4 Å². The predicted octanol–water partition coefficient (Wildman–Crippen LogP) is 2.65. The number of rotatable bonds is 9. The molecular formula is C30H40ClF2N5O6. The van der Waals surface area contributed by atoms with E-state index in [0.717, 1.165) is 17.9 Å². The van der Waals surface area contributed by atoms with E-state index in [0.29, 0.717) is 35.5 Å². The number of aliphatic hydroxyl groups excluding tert-OH is 1. The topological polar surface area (TPSA) is 163 Å². The van der Waals surface area contributed by atoms with Crippen LogP contribution in [-0.4, -0.2) is 88.6 Å². The second kappa shape index (κ2) is 12.0. The van der Waals surface area contributed by atoms with Gasteiger partial charge in [0.2, 0.25) is 11.8 Å². The Labute approximate surface area is 259 Å². The number of nitrogens with two attached hydrogens (primary N) is 2. The highest BCUT2D eigenvalue weighted by atomic mass is 35.5. The number of aliphatic carboxylic acids is 1. The summed E-state index contributed by atoms with van der Waals surface area (Å²) in [6.45, 7) is 1.96. The highest BCUT2D eigenvalue weighted by Gasteiger charge is 2.54. The van der Waals surface area contributed by atoms with Crippen LogP contribution >= 0.6 is 11.6 Å². The molecule has 11 nitrogen and oxygen atoms in total. The summed E-state index contributed by atoms with van der Waals surface area (Å²) in [6, 6.07) is 2.45. The number of hydrogen-bond donors (Lipinski definition) is 4. The normalized spacial score (nSPS) is 28.2. The van der Waals surface area contributed by atoms with Gasteiger partial charge in [0.1, 0.15) is 18.1 Å². The predicted molar refractivity (Wildman–Crippen MR) is 156 cm³/mol. The van der Waals surface area contributed by atoms with E-state index in [9.17, 15) is 33.4 Å². The lowest BCUT2D eigenvalue weighted by Gasteiger charge is -2.46. The summed E-state index contributed by atoms with van der Waals surface area (Å²) in [6.07, 6.45) is -0.702. The van der Waals surface area contributed by atoms with Gasteiger partial charge in [-0.05, 0) is 68.6 Å². The van der Waals surface area contributed by atoms with Crippen molar-refractivity contribution in [3.05, 3.63) is 39.7 Å². The summed E-state index contributed by atoms with van der Waals surface area (Å²) in [5, 5.41) is 21.6. The maximum Gasteiger partial charge on any atom is 0.310 e. The Kier molecular flexibility index (Phi) is 8.78. The van der Waals surface area contributed by atoms with E-state index < -0.39 is 48.2 Å². The van der Waals surface area contributed by atoms with Gasteiger partial charge in [0.15, 0.2) is 0 Å². The molecule has 2 aliphatic carbocycles. The highest BCUT2D eigenvalue weighted by Crippen LogP contribution is 2.54. The molecule has 0 aromatic heterocycles. The summed E-state index contributed by atoms with van der Waals surface area (Å²) >= 11 is 6.65. The molecule has 2 aliphatic heterocycles. The van der Waals surface area contributed by atoms with Gasteiger partial charge >= 0.3 is 5.97 Å². The zero-order valence-electron chi connectivity index (χ0n) is 24.9. The van der Waals surface area contributed by atoms with Gasteiger partial charge in [-0.1, -0.05) is 11.6 Å². The van der Waals surface area contributed by atoms with Gasteiger partial charge in [0.05, 0.1) is 29.2 Å². The number of ether oxygens (including phenoxy) is 1. The Morgan fingerprint density at radius 1 is 1.27 bits per heavy atom. The average molecular weight is 640 g/mol. The molecule has 3 fully saturated rings. The van der Waals surface area contributed by atoms with Crippen LogP contribution in [0.4, 0.5) is 8.78 Å². The molecule has 44 heavy (non-hydrogen) atoms. The number of likely N-dealkylation sites (tertiary alicyclic amines) is 1. The van der Waals surface area contributed by atoms with Gasteiger partial charge in [-0.3, -0.25) is 14.4 Å². The van der Waals surface area contributed by atoms with Crippen molar-refractivity contribution in [3.8, 4) is 5.75 Å². The number of alkyl halides is 2. The fourth-order valence-corrected chi connectivity index (χ4v) is 7.48. The summed E-state index contributed by atoms with van der Waals surface area (Å²) in [4.78, 5) is 43.3. The first-order valence-corrected chi connectivity index (χ1v) is 15.2. The second-order valence-electron chi connectivity index (χ2n) is 13.0. The number of amides is 2. The first-order chi connectivity index (χ1) is 20.7. The third-order valence-electron chi connectivity index (χ3n) is 9.91. The van der Waals surface area contributed by atoms with Crippen LogP contribution in [0.3, 0.4) is 0 Å². The number of fused-ring (bicyclic) bond motifs is 1. The van der Waals surface area contributed by atoms with Crippen LogP contribution in [0, 0.1) is 16.7 Å². The fraction of sp³-hybridized carbons (Fsp3) is 0.633. The third-order valence-corrected chi connectivity index (χ3v) is 10.3. The van der Waals surface area contributed by atoms with Crippen LogP contribution in [0.1, 0.15) is 62.6 Å². The van der Waals surface area contributed by atoms with Crippen LogP contribution in [-0.2, 0) is 20.8 Å². The molecule has 4 aliphatic rings. The van der Waals surface area contributed by atoms with Crippen LogP contribution in [0.25, 0.3) is 0 Å². The number of halogens is 3. The molecule has 6 N–H and O–H groups in total. The number of carboxylic acids is 1. The van der Waals surface area contributed by atoms with Crippen molar-refractivity contribution >= 4 is 29.4 Å². The quantitative estimate of drug-likeness (QED) is 0.235. The van der Waals surface area contributed by atoms with E-state index in [2.05, 4.69) is 0 Å². The van der Waals surface area contributed by atoms with E-state index in [1.54, 1.807) is 21.9 Å².